The monoisotopic (exact) mass is 522 g/mol. The summed E-state index contributed by atoms with van der Waals surface area (Å²) >= 11 is 5.25. The van der Waals surface area contributed by atoms with Crippen LogP contribution in [0.2, 0.25) is 0 Å². The summed E-state index contributed by atoms with van der Waals surface area (Å²) < 4.78 is 42.5. The number of aromatic nitrogens is 3. The van der Waals surface area contributed by atoms with Crippen molar-refractivity contribution in [1.29, 1.82) is 0 Å². The van der Waals surface area contributed by atoms with Crippen molar-refractivity contribution in [1.82, 2.24) is 14.8 Å². The molecule has 2 N–H and O–H groups in total. The van der Waals surface area contributed by atoms with Gasteiger partial charge in [0.2, 0.25) is 0 Å². The average molecular weight is 523 g/mol. The predicted octanol–water partition coefficient (Wildman–Crippen LogP) is 5.79. The number of nitrogens with zero attached hydrogens (tertiary/aromatic N) is 5. The van der Waals surface area contributed by atoms with E-state index in [2.05, 4.69) is 26.0 Å². The highest BCUT2D eigenvalue weighted by atomic mass is 32.1. The highest BCUT2D eigenvalue weighted by molar-refractivity contribution is 7.80. The van der Waals surface area contributed by atoms with Crippen LogP contribution < -0.4 is 15.5 Å². The minimum atomic E-state index is -4.74. The Hall–Kier alpha value is -4.25. The van der Waals surface area contributed by atoms with E-state index in [9.17, 15) is 13.2 Å². The van der Waals surface area contributed by atoms with E-state index >= 15 is 0 Å². The summed E-state index contributed by atoms with van der Waals surface area (Å²) in [6.45, 7) is 0. The van der Waals surface area contributed by atoms with Crippen LogP contribution in [0.25, 0.3) is 17.1 Å². The maximum Gasteiger partial charge on any atom is 0.573 e. The van der Waals surface area contributed by atoms with Crippen molar-refractivity contribution >= 4 is 29.2 Å². The molecule has 0 amide bonds. The van der Waals surface area contributed by atoms with Crippen molar-refractivity contribution in [2.24, 2.45) is 10.8 Å². The molecule has 1 aliphatic carbocycles. The molecule has 3 aromatic carbocycles. The van der Waals surface area contributed by atoms with Gasteiger partial charge in [0.15, 0.2) is 10.9 Å². The van der Waals surface area contributed by atoms with Crippen LogP contribution in [0.1, 0.15) is 29.9 Å². The van der Waals surface area contributed by atoms with Gasteiger partial charge in [0, 0.05) is 5.56 Å². The highest BCUT2D eigenvalue weighted by Crippen LogP contribution is 2.44. The van der Waals surface area contributed by atoms with E-state index in [0.29, 0.717) is 17.4 Å². The largest absolute Gasteiger partial charge is 0.573 e. The summed E-state index contributed by atoms with van der Waals surface area (Å²) in [5.41, 5.74) is 10.2. The van der Waals surface area contributed by atoms with Crippen LogP contribution >= 0.6 is 12.2 Å². The molecule has 1 saturated carbocycles. The van der Waals surface area contributed by atoms with Crippen LogP contribution in [0.5, 0.6) is 5.75 Å². The van der Waals surface area contributed by atoms with Gasteiger partial charge in [0.25, 0.3) is 0 Å². The first-order chi connectivity index (χ1) is 17.8. The van der Waals surface area contributed by atoms with Gasteiger partial charge in [-0.15, -0.1) is 18.3 Å². The molecule has 11 heteroatoms. The lowest BCUT2D eigenvalue weighted by molar-refractivity contribution is -0.274. The summed E-state index contributed by atoms with van der Waals surface area (Å²) in [7, 11) is 0. The van der Waals surface area contributed by atoms with E-state index in [0.717, 1.165) is 29.7 Å². The Morgan fingerprint density at radius 1 is 1.05 bits per heavy atom. The molecule has 4 aromatic rings. The summed E-state index contributed by atoms with van der Waals surface area (Å²) in [6, 6.07) is 20.8. The average Bonchev–Trinajstić information content (AvgIpc) is 3.60. The molecule has 0 aliphatic heterocycles. The van der Waals surface area contributed by atoms with E-state index in [1.54, 1.807) is 11.2 Å². The normalized spacial score (nSPS) is 13.6. The van der Waals surface area contributed by atoms with Crippen molar-refractivity contribution in [3.63, 3.8) is 0 Å². The van der Waals surface area contributed by atoms with Crippen molar-refractivity contribution in [3.05, 3.63) is 90.3 Å². The molecule has 188 valence electrons. The maximum atomic E-state index is 12.4. The van der Waals surface area contributed by atoms with Crippen molar-refractivity contribution in [2.45, 2.75) is 25.1 Å². The third kappa shape index (κ3) is 5.95. The Bertz CT molecular complexity index is 1430. The molecule has 1 fully saturated rings. The second-order valence-corrected chi connectivity index (χ2v) is 8.82. The molecular formula is C26H21F3N6OS. The number of hydrogen-bond acceptors (Lipinski definition) is 5. The fourth-order valence-electron chi connectivity index (χ4n) is 3.82. The zero-order chi connectivity index (χ0) is 26.0. The maximum absolute atomic E-state index is 12.4. The molecule has 1 aliphatic rings. The third-order valence-corrected chi connectivity index (χ3v) is 5.88. The Kier molecular flexibility index (Phi) is 6.62. The van der Waals surface area contributed by atoms with Crippen LogP contribution in [-0.4, -0.2) is 32.5 Å². The first-order valence-corrected chi connectivity index (χ1v) is 11.8. The highest BCUT2D eigenvalue weighted by Gasteiger charge is 2.31. The smallest absolute Gasteiger partial charge is 0.406 e. The minimum Gasteiger partial charge on any atom is -0.406 e. The van der Waals surface area contributed by atoms with Crippen molar-refractivity contribution in [3.8, 4) is 22.8 Å². The second-order valence-electron chi connectivity index (χ2n) is 8.40. The first-order valence-electron chi connectivity index (χ1n) is 11.4. The fraction of sp³-hybridized carbons (Fsp3) is 0.154. The van der Waals surface area contributed by atoms with Gasteiger partial charge in [0.1, 0.15) is 12.1 Å². The van der Waals surface area contributed by atoms with E-state index in [1.807, 2.05) is 42.5 Å². The molecule has 0 atom stereocenters. The summed E-state index contributed by atoms with van der Waals surface area (Å²) in [5, 5.41) is 10.7. The van der Waals surface area contributed by atoms with E-state index in [4.69, 9.17) is 18.0 Å². The van der Waals surface area contributed by atoms with Gasteiger partial charge >= 0.3 is 6.36 Å². The zero-order valence-electron chi connectivity index (χ0n) is 19.3. The van der Waals surface area contributed by atoms with Crippen LogP contribution in [0.3, 0.4) is 0 Å². The molecule has 5 rings (SSSR count). The Morgan fingerprint density at radius 2 is 1.76 bits per heavy atom. The Balaban J connectivity index is 1.30. The number of thiocarbonyl (C=S) groups is 1. The van der Waals surface area contributed by atoms with Gasteiger partial charge in [-0.3, -0.25) is 0 Å². The lowest BCUT2D eigenvalue weighted by Gasteiger charge is -2.20. The molecule has 0 unspecified atom stereocenters. The summed E-state index contributed by atoms with van der Waals surface area (Å²) in [5.74, 6) is 0.669. The number of anilines is 1. The van der Waals surface area contributed by atoms with Crippen LogP contribution in [0, 0.1) is 0 Å². The molecule has 1 aromatic heterocycles. The van der Waals surface area contributed by atoms with Gasteiger partial charge in [-0.25, -0.2) is 14.7 Å². The van der Waals surface area contributed by atoms with Gasteiger partial charge < -0.3 is 10.5 Å². The van der Waals surface area contributed by atoms with Crippen molar-refractivity contribution in [2.75, 3.05) is 5.01 Å². The minimum absolute atomic E-state index is 0.161. The molecule has 37 heavy (non-hydrogen) atoms. The Labute approximate surface area is 216 Å². The van der Waals surface area contributed by atoms with Gasteiger partial charge in [-0.2, -0.15) is 5.10 Å². The quantitative estimate of drug-likeness (QED) is 0.188. The Morgan fingerprint density at radius 3 is 2.41 bits per heavy atom. The molecule has 0 radical (unpaired) electrons. The molecule has 7 nitrogen and oxygen atoms in total. The molecule has 0 bridgehead atoms. The number of ether oxygens (including phenoxy) is 1. The predicted molar refractivity (Wildman–Crippen MR) is 139 cm³/mol. The topological polar surface area (TPSA) is 81.6 Å². The number of para-hydroxylation sites is 1. The van der Waals surface area contributed by atoms with Crippen LogP contribution in [-0.2, 0) is 0 Å². The van der Waals surface area contributed by atoms with E-state index in [1.165, 1.54) is 40.8 Å². The van der Waals surface area contributed by atoms with Crippen molar-refractivity contribution < 1.29 is 17.9 Å². The number of hydrogen-bond donors (Lipinski definition) is 1. The number of halogens is 3. The van der Waals surface area contributed by atoms with Crippen LogP contribution in [0.15, 0.2) is 84.2 Å². The second kappa shape index (κ2) is 10.0. The lowest BCUT2D eigenvalue weighted by Crippen LogP contribution is -2.31. The van der Waals surface area contributed by atoms with E-state index in [-0.39, 0.29) is 10.9 Å². The summed E-state index contributed by atoms with van der Waals surface area (Å²) in [6.07, 6.45) is 0.725. The number of benzene rings is 3. The van der Waals surface area contributed by atoms with Gasteiger partial charge in [-0.1, -0.05) is 42.5 Å². The van der Waals surface area contributed by atoms with Crippen LogP contribution in [0.4, 0.5) is 18.9 Å². The SMILES string of the molecule is NC(=S)N(/N=C/c1ccc(-c2ncn(-c3ccc(OC(F)(F)F)cc3)n2)cc1)c1ccccc1C1CC1. The lowest BCUT2D eigenvalue weighted by atomic mass is 10.1. The third-order valence-electron chi connectivity index (χ3n) is 5.71. The number of alkyl halides is 3. The number of hydrazone groups is 1. The fourth-order valence-corrected chi connectivity index (χ4v) is 3.97. The zero-order valence-corrected chi connectivity index (χ0v) is 20.2. The number of nitrogens with two attached hydrogens (primary N) is 1. The van der Waals surface area contributed by atoms with E-state index < -0.39 is 6.36 Å². The molecular weight excluding hydrogens is 501 g/mol. The molecule has 0 saturated heterocycles. The molecule has 0 spiro atoms. The van der Waals surface area contributed by atoms with Gasteiger partial charge in [-0.05, 0) is 72.4 Å². The summed E-state index contributed by atoms with van der Waals surface area (Å²) in [4.78, 5) is 4.31. The standard InChI is InChI=1S/C26H21F3N6OS/c27-26(28,29)36-21-13-11-20(12-14-21)34-16-31-24(33-34)19-7-5-17(6-8-19)15-32-35(25(30)37)23-4-2-1-3-22(23)18-9-10-18/h1-8,11-16,18H,9-10H2,(H2,30,37)/b32-15+. The van der Waals surface area contributed by atoms with Gasteiger partial charge in [0.05, 0.1) is 17.6 Å². The molecule has 1 heterocycles. The first kappa shape index (κ1) is 24.4. The number of rotatable bonds is 7.